The molecule has 2 heterocycles. The van der Waals surface area contributed by atoms with Crippen molar-refractivity contribution in [1.82, 2.24) is 14.5 Å². The van der Waals surface area contributed by atoms with Gasteiger partial charge >= 0.3 is 6.18 Å². The third-order valence-electron chi connectivity index (χ3n) is 3.30. The Morgan fingerprint density at radius 1 is 1.32 bits per heavy atom. The van der Waals surface area contributed by atoms with Gasteiger partial charge in [0.1, 0.15) is 5.65 Å². The van der Waals surface area contributed by atoms with Gasteiger partial charge in [0.15, 0.2) is 23.3 Å². The number of halogens is 4. The van der Waals surface area contributed by atoms with E-state index in [2.05, 4.69) is 14.7 Å². The molecule has 0 amide bonds. The third kappa shape index (κ3) is 3.48. The van der Waals surface area contributed by atoms with E-state index in [1.807, 2.05) is 0 Å². The summed E-state index contributed by atoms with van der Waals surface area (Å²) >= 11 is 1.18. The van der Waals surface area contributed by atoms with Crippen LogP contribution in [0.4, 0.5) is 17.6 Å². The van der Waals surface area contributed by atoms with E-state index < -0.39 is 29.9 Å². The van der Waals surface area contributed by atoms with Crippen LogP contribution in [-0.4, -0.2) is 33.6 Å². The van der Waals surface area contributed by atoms with Crippen molar-refractivity contribution in [3.63, 3.8) is 0 Å². The molecule has 0 fully saturated rings. The van der Waals surface area contributed by atoms with E-state index in [9.17, 15) is 22.4 Å². The minimum absolute atomic E-state index is 0.141. The predicted octanol–water partition coefficient (Wildman–Crippen LogP) is 3.52. The number of nitrogens with one attached hydrogen (secondary N) is 1. The maximum atomic E-state index is 14.1. The Morgan fingerprint density at radius 3 is 2.72 bits per heavy atom. The van der Waals surface area contributed by atoms with Gasteiger partial charge in [-0.05, 0) is 24.5 Å². The minimum atomic E-state index is -4.57. The fourth-order valence-electron chi connectivity index (χ4n) is 2.25. The zero-order valence-electron chi connectivity index (χ0n) is 12.7. The van der Waals surface area contributed by atoms with E-state index in [1.54, 1.807) is 18.5 Å². The van der Waals surface area contributed by atoms with E-state index in [0.717, 1.165) is 12.1 Å². The first-order valence-corrected chi connectivity index (χ1v) is 8.16. The summed E-state index contributed by atoms with van der Waals surface area (Å²) in [4.78, 5) is 19.7. The lowest BCUT2D eigenvalue weighted by molar-refractivity contribution is -0.153. The van der Waals surface area contributed by atoms with Crippen molar-refractivity contribution < 1.29 is 22.3 Å². The summed E-state index contributed by atoms with van der Waals surface area (Å²) in [5.74, 6) is -1.55. The van der Waals surface area contributed by atoms with Crippen molar-refractivity contribution in [2.75, 3.05) is 12.9 Å². The highest BCUT2D eigenvalue weighted by molar-refractivity contribution is 7.98. The van der Waals surface area contributed by atoms with Gasteiger partial charge in [0.25, 0.3) is 5.56 Å². The van der Waals surface area contributed by atoms with Crippen molar-refractivity contribution in [1.29, 1.82) is 0 Å². The Morgan fingerprint density at radius 2 is 2.08 bits per heavy atom. The van der Waals surface area contributed by atoms with Gasteiger partial charge in [-0.25, -0.2) is 9.37 Å². The van der Waals surface area contributed by atoms with E-state index >= 15 is 0 Å². The fraction of sp³-hybridized carbons (Fsp3) is 0.200. The molecule has 0 saturated heterocycles. The standard InChI is InChI=1S/C15H11F4N3O2S/c1-25-14-21-12-9(4-5-20-12)13(23)22(14)8-2-3-11(10(16)6-8)24-7-15(17,18)19/h2-6,20H,7H2,1H3. The second kappa shape index (κ2) is 6.43. The van der Waals surface area contributed by atoms with Gasteiger partial charge in [0, 0.05) is 12.3 Å². The molecule has 5 nitrogen and oxygen atoms in total. The van der Waals surface area contributed by atoms with Crippen LogP contribution in [0.15, 0.2) is 40.4 Å². The van der Waals surface area contributed by atoms with Gasteiger partial charge < -0.3 is 9.72 Å². The van der Waals surface area contributed by atoms with Gasteiger partial charge in [-0.2, -0.15) is 13.2 Å². The van der Waals surface area contributed by atoms with Gasteiger partial charge in [0.05, 0.1) is 11.1 Å². The van der Waals surface area contributed by atoms with Crippen LogP contribution in [0.3, 0.4) is 0 Å². The topological polar surface area (TPSA) is 59.9 Å². The number of hydrogen-bond acceptors (Lipinski definition) is 4. The molecule has 0 saturated carbocycles. The maximum absolute atomic E-state index is 14.1. The minimum Gasteiger partial charge on any atom is -0.481 e. The molecule has 132 valence electrons. The number of fused-ring (bicyclic) bond motifs is 1. The number of rotatable bonds is 4. The third-order valence-corrected chi connectivity index (χ3v) is 3.94. The summed E-state index contributed by atoms with van der Waals surface area (Å²) in [6.45, 7) is -1.60. The maximum Gasteiger partial charge on any atom is 0.422 e. The molecular formula is C15H11F4N3O2S. The molecule has 3 aromatic rings. The number of benzene rings is 1. The molecule has 10 heteroatoms. The summed E-state index contributed by atoms with van der Waals surface area (Å²) in [6.07, 6.45) is -1.32. The SMILES string of the molecule is CSc1nc2[nH]ccc2c(=O)n1-c1ccc(OCC(F)(F)F)c(F)c1. The van der Waals surface area contributed by atoms with Gasteiger partial charge in [-0.1, -0.05) is 11.8 Å². The van der Waals surface area contributed by atoms with Crippen LogP contribution in [0, 0.1) is 5.82 Å². The number of hydrogen-bond donors (Lipinski definition) is 1. The van der Waals surface area contributed by atoms with Gasteiger partial charge in [0.2, 0.25) is 0 Å². The van der Waals surface area contributed by atoms with Crippen LogP contribution in [0.1, 0.15) is 0 Å². The molecule has 0 atom stereocenters. The second-order valence-corrected chi connectivity index (χ2v) is 5.77. The molecule has 0 radical (unpaired) electrons. The highest BCUT2D eigenvalue weighted by Gasteiger charge is 2.29. The van der Waals surface area contributed by atoms with Gasteiger partial charge in [-0.15, -0.1) is 0 Å². The average molecular weight is 373 g/mol. The summed E-state index contributed by atoms with van der Waals surface area (Å²) in [6, 6.07) is 4.83. The molecule has 1 aromatic carbocycles. The van der Waals surface area contributed by atoms with E-state index in [0.29, 0.717) is 16.2 Å². The first kappa shape index (κ1) is 17.3. The molecular weight excluding hydrogens is 362 g/mol. The molecule has 2 aromatic heterocycles. The normalized spacial score (nSPS) is 11.9. The van der Waals surface area contributed by atoms with E-state index in [-0.39, 0.29) is 5.69 Å². The van der Waals surface area contributed by atoms with E-state index in [4.69, 9.17) is 0 Å². The Hall–Kier alpha value is -2.49. The summed E-state index contributed by atoms with van der Waals surface area (Å²) in [5.41, 5.74) is 0.122. The number of aromatic amines is 1. The summed E-state index contributed by atoms with van der Waals surface area (Å²) in [7, 11) is 0. The largest absolute Gasteiger partial charge is 0.481 e. The van der Waals surface area contributed by atoms with Crippen molar-refractivity contribution >= 4 is 22.8 Å². The monoisotopic (exact) mass is 373 g/mol. The van der Waals surface area contributed by atoms with Crippen LogP contribution in [0.5, 0.6) is 5.75 Å². The van der Waals surface area contributed by atoms with Crippen molar-refractivity contribution in [3.8, 4) is 11.4 Å². The smallest absolute Gasteiger partial charge is 0.422 e. The Balaban J connectivity index is 2.05. The number of alkyl halides is 3. The molecule has 25 heavy (non-hydrogen) atoms. The van der Waals surface area contributed by atoms with Crippen molar-refractivity contribution in [2.45, 2.75) is 11.3 Å². The number of ether oxygens (including phenoxy) is 1. The number of nitrogens with zero attached hydrogens (tertiary/aromatic N) is 2. The zero-order valence-corrected chi connectivity index (χ0v) is 13.5. The van der Waals surface area contributed by atoms with Gasteiger partial charge in [-0.3, -0.25) is 9.36 Å². The quantitative estimate of drug-likeness (QED) is 0.432. The number of thioether (sulfide) groups is 1. The van der Waals surface area contributed by atoms with Crippen LogP contribution < -0.4 is 10.3 Å². The molecule has 1 N–H and O–H groups in total. The lowest BCUT2D eigenvalue weighted by Gasteiger charge is -2.13. The van der Waals surface area contributed by atoms with E-state index in [1.165, 1.54) is 22.4 Å². The highest BCUT2D eigenvalue weighted by atomic mass is 32.2. The lowest BCUT2D eigenvalue weighted by Crippen LogP contribution is -2.22. The van der Waals surface area contributed by atoms with Crippen molar-refractivity contribution in [3.05, 3.63) is 46.6 Å². The molecule has 0 aliphatic heterocycles. The molecule has 0 bridgehead atoms. The highest BCUT2D eigenvalue weighted by Crippen LogP contribution is 2.25. The van der Waals surface area contributed by atoms with Crippen LogP contribution in [0.2, 0.25) is 0 Å². The molecule has 0 aliphatic carbocycles. The summed E-state index contributed by atoms with van der Waals surface area (Å²) in [5, 5.41) is 0.624. The van der Waals surface area contributed by atoms with Crippen molar-refractivity contribution in [2.24, 2.45) is 0 Å². The first-order chi connectivity index (χ1) is 11.8. The Kier molecular flexibility index (Phi) is 4.46. The molecule has 0 spiro atoms. The van der Waals surface area contributed by atoms with Crippen LogP contribution >= 0.6 is 11.8 Å². The van der Waals surface area contributed by atoms with Crippen LogP contribution in [-0.2, 0) is 0 Å². The number of aromatic nitrogens is 3. The molecule has 0 unspecified atom stereocenters. The average Bonchev–Trinajstić information content (AvgIpc) is 3.01. The molecule has 3 rings (SSSR count). The Bertz CT molecular complexity index is 981. The first-order valence-electron chi connectivity index (χ1n) is 6.94. The lowest BCUT2D eigenvalue weighted by atomic mass is 10.2. The zero-order chi connectivity index (χ0) is 18.2. The second-order valence-electron chi connectivity index (χ2n) is 5.00. The fourth-order valence-corrected chi connectivity index (χ4v) is 2.80. The summed E-state index contributed by atoms with van der Waals surface area (Å²) < 4.78 is 56.2. The number of H-pyrrole nitrogens is 1. The van der Waals surface area contributed by atoms with Crippen LogP contribution in [0.25, 0.3) is 16.7 Å². The predicted molar refractivity (Wildman–Crippen MR) is 85.0 cm³/mol. The Labute approximate surface area is 142 Å². The molecule has 0 aliphatic rings.